The zero-order valence-corrected chi connectivity index (χ0v) is 19.5. The van der Waals surface area contributed by atoms with Crippen LogP contribution in [-0.4, -0.2) is 12.1 Å². The second-order valence-electron chi connectivity index (χ2n) is 8.15. The number of ether oxygens (including phenoxy) is 1. The van der Waals surface area contributed by atoms with E-state index in [1.807, 2.05) is 42.5 Å². The Hall–Kier alpha value is -1.66. The summed E-state index contributed by atoms with van der Waals surface area (Å²) in [5, 5.41) is 4.24. The molecule has 2 fully saturated rings. The van der Waals surface area contributed by atoms with Crippen molar-refractivity contribution < 1.29 is 9.53 Å². The standard InChI is InChI=1S/C23H24Br2N2O2/c1-23-10-6-5-9-18(23)20(23)22(28)27-26-13-16-11-17(24)12-19(25)21(16)29-14-15-7-3-2-4-8-15/h2-4,7-8,11-13,18,20H,5-6,9-10,14H2,1H3,(H,27,28)/b26-13-/t18-,20+,23+/m1/s1. The van der Waals surface area contributed by atoms with Gasteiger partial charge in [0.05, 0.1) is 10.7 Å². The van der Waals surface area contributed by atoms with E-state index in [1.54, 1.807) is 6.21 Å². The van der Waals surface area contributed by atoms with Crippen LogP contribution in [0.3, 0.4) is 0 Å². The third-order valence-corrected chi connectivity index (χ3v) is 7.30. The minimum atomic E-state index is 0.0384. The van der Waals surface area contributed by atoms with Gasteiger partial charge >= 0.3 is 0 Å². The van der Waals surface area contributed by atoms with Gasteiger partial charge < -0.3 is 4.74 Å². The van der Waals surface area contributed by atoms with Gasteiger partial charge in [-0.25, -0.2) is 5.43 Å². The number of amides is 1. The number of carbonyl (C=O) groups excluding carboxylic acids is 1. The SMILES string of the molecule is C[C@]12CCCC[C@@H]1[C@H]2C(=O)N/N=C\c1cc(Br)cc(Br)c1OCc1ccccc1. The van der Waals surface area contributed by atoms with Gasteiger partial charge in [0.2, 0.25) is 5.91 Å². The zero-order chi connectivity index (χ0) is 20.4. The van der Waals surface area contributed by atoms with Crippen LogP contribution in [0, 0.1) is 17.3 Å². The van der Waals surface area contributed by atoms with Crippen molar-refractivity contribution in [1.82, 2.24) is 5.43 Å². The number of rotatable bonds is 6. The summed E-state index contributed by atoms with van der Waals surface area (Å²) in [7, 11) is 0. The Morgan fingerprint density at radius 1 is 1.28 bits per heavy atom. The molecule has 0 heterocycles. The molecule has 0 radical (unpaired) electrons. The second-order valence-corrected chi connectivity index (χ2v) is 9.92. The highest BCUT2D eigenvalue weighted by Crippen LogP contribution is 2.66. The van der Waals surface area contributed by atoms with Gasteiger partial charge in [0.15, 0.2) is 0 Å². The topological polar surface area (TPSA) is 50.7 Å². The molecule has 0 spiro atoms. The average molecular weight is 520 g/mol. The molecule has 3 atom stereocenters. The zero-order valence-electron chi connectivity index (χ0n) is 16.3. The number of benzene rings is 2. The Morgan fingerprint density at radius 2 is 2.07 bits per heavy atom. The van der Waals surface area contributed by atoms with Crippen molar-refractivity contribution >= 4 is 44.0 Å². The summed E-state index contributed by atoms with van der Waals surface area (Å²) < 4.78 is 7.79. The predicted molar refractivity (Wildman–Crippen MR) is 122 cm³/mol. The quantitative estimate of drug-likeness (QED) is 0.372. The molecule has 0 saturated heterocycles. The summed E-state index contributed by atoms with van der Waals surface area (Å²) in [4.78, 5) is 12.6. The number of halogens is 2. The third-order valence-electron chi connectivity index (χ3n) is 6.26. The van der Waals surface area contributed by atoms with Crippen LogP contribution in [0.15, 0.2) is 56.5 Å². The lowest BCUT2D eigenvalue weighted by atomic mass is 9.90. The summed E-state index contributed by atoms with van der Waals surface area (Å²) >= 11 is 7.08. The number of fused-ring (bicyclic) bond motifs is 1. The molecule has 0 aliphatic heterocycles. The van der Waals surface area contributed by atoms with Crippen LogP contribution in [0.5, 0.6) is 5.75 Å². The van der Waals surface area contributed by atoms with E-state index in [0.29, 0.717) is 18.3 Å². The fourth-order valence-electron chi connectivity index (χ4n) is 4.64. The summed E-state index contributed by atoms with van der Waals surface area (Å²) in [5.74, 6) is 1.36. The van der Waals surface area contributed by atoms with Crippen molar-refractivity contribution in [2.75, 3.05) is 0 Å². The first-order chi connectivity index (χ1) is 14.0. The van der Waals surface area contributed by atoms with Gasteiger partial charge in [0.1, 0.15) is 12.4 Å². The minimum Gasteiger partial charge on any atom is -0.487 e. The molecule has 1 amide bonds. The molecule has 152 valence electrons. The van der Waals surface area contributed by atoms with Crippen LogP contribution in [0.2, 0.25) is 0 Å². The number of hydrogen-bond donors (Lipinski definition) is 1. The largest absolute Gasteiger partial charge is 0.487 e. The molecule has 2 aliphatic carbocycles. The first kappa shape index (κ1) is 20.6. The lowest BCUT2D eigenvalue weighted by molar-refractivity contribution is -0.123. The first-order valence-electron chi connectivity index (χ1n) is 9.98. The van der Waals surface area contributed by atoms with Gasteiger partial charge in [0, 0.05) is 16.0 Å². The van der Waals surface area contributed by atoms with Crippen molar-refractivity contribution in [2.24, 2.45) is 22.4 Å². The normalized spacial score (nSPS) is 25.5. The third kappa shape index (κ3) is 4.43. The van der Waals surface area contributed by atoms with Crippen molar-refractivity contribution in [3.8, 4) is 5.75 Å². The maximum absolute atomic E-state index is 12.6. The van der Waals surface area contributed by atoms with Crippen LogP contribution in [-0.2, 0) is 11.4 Å². The van der Waals surface area contributed by atoms with Crippen molar-refractivity contribution in [3.63, 3.8) is 0 Å². The van der Waals surface area contributed by atoms with Gasteiger partial charge in [-0.2, -0.15) is 5.10 Å². The Labute approximate surface area is 188 Å². The molecule has 4 nitrogen and oxygen atoms in total. The number of hydrazone groups is 1. The molecule has 2 aromatic carbocycles. The second kappa shape index (κ2) is 8.60. The summed E-state index contributed by atoms with van der Waals surface area (Å²) in [6.07, 6.45) is 6.43. The van der Waals surface area contributed by atoms with Gasteiger partial charge in [-0.15, -0.1) is 0 Å². The predicted octanol–water partition coefficient (Wildman–Crippen LogP) is 6.07. The molecular formula is C23H24Br2N2O2. The minimum absolute atomic E-state index is 0.0384. The fraction of sp³-hybridized carbons (Fsp3) is 0.391. The Balaban J connectivity index is 1.44. The van der Waals surface area contributed by atoms with Gasteiger partial charge in [-0.05, 0) is 57.8 Å². The maximum atomic E-state index is 12.6. The average Bonchev–Trinajstić information content (AvgIpc) is 3.33. The Morgan fingerprint density at radius 3 is 2.79 bits per heavy atom. The van der Waals surface area contributed by atoms with Crippen LogP contribution in [0.4, 0.5) is 0 Å². The molecule has 0 bridgehead atoms. The van der Waals surface area contributed by atoms with E-state index >= 15 is 0 Å². The van der Waals surface area contributed by atoms with Gasteiger partial charge in [-0.1, -0.05) is 66.0 Å². The molecule has 2 aromatic rings. The van der Waals surface area contributed by atoms with Crippen molar-refractivity contribution in [1.29, 1.82) is 0 Å². The summed E-state index contributed by atoms with van der Waals surface area (Å²) in [6, 6.07) is 13.9. The molecule has 29 heavy (non-hydrogen) atoms. The number of carbonyl (C=O) groups is 1. The van der Waals surface area contributed by atoms with E-state index in [9.17, 15) is 4.79 Å². The molecule has 0 aromatic heterocycles. The molecular weight excluding hydrogens is 496 g/mol. The van der Waals surface area contributed by atoms with Crippen LogP contribution < -0.4 is 10.2 Å². The van der Waals surface area contributed by atoms with Crippen LogP contribution >= 0.6 is 31.9 Å². The lowest BCUT2D eigenvalue weighted by Gasteiger charge is -2.15. The number of nitrogens with zero attached hydrogens (tertiary/aromatic N) is 1. The van der Waals surface area contributed by atoms with E-state index in [1.165, 1.54) is 12.8 Å². The van der Waals surface area contributed by atoms with Crippen LogP contribution in [0.1, 0.15) is 43.7 Å². The van der Waals surface area contributed by atoms with Crippen molar-refractivity contribution in [2.45, 2.75) is 39.2 Å². The molecule has 0 unspecified atom stereocenters. The maximum Gasteiger partial charge on any atom is 0.244 e. The smallest absolute Gasteiger partial charge is 0.244 e. The number of nitrogens with one attached hydrogen (secondary N) is 1. The molecule has 6 heteroatoms. The molecule has 2 aliphatic rings. The Bertz CT molecular complexity index is 932. The van der Waals surface area contributed by atoms with E-state index in [2.05, 4.69) is 49.3 Å². The fourth-order valence-corrected chi connectivity index (χ4v) is 6.02. The van der Waals surface area contributed by atoms with E-state index in [-0.39, 0.29) is 17.2 Å². The highest BCUT2D eigenvalue weighted by Gasteiger charge is 2.64. The Kier molecular flexibility index (Phi) is 6.11. The monoisotopic (exact) mass is 518 g/mol. The van der Waals surface area contributed by atoms with Gasteiger partial charge in [-0.3, -0.25) is 4.79 Å². The molecule has 2 saturated carbocycles. The highest BCUT2D eigenvalue weighted by atomic mass is 79.9. The lowest BCUT2D eigenvalue weighted by Crippen LogP contribution is -2.22. The summed E-state index contributed by atoms with van der Waals surface area (Å²) in [6.45, 7) is 2.70. The van der Waals surface area contributed by atoms with Gasteiger partial charge in [0.25, 0.3) is 0 Å². The first-order valence-corrected chi connectivity index (χ1v) is 11.6. The molecule has 1 N–H and O–H groups in total. The van der Waals surface area contributed by atoms with E-state index in [0.717, 1.165) is 32.9 Å². The van der Waals surface area contributed by atoms with E-state index in [4.69, 9.17) is 4.74 Å². The molecule has 4 rings (SSSR count). The van der Waals surface area contributed by atoms with Crippen molar-refractivity contribution in [3.05, 3.63) is 62.5 Å². The number of hydrogen-bond acceptors (Lipinski definition) is 3. The summed E-state index contributed by atoms with van der Waals surface area (Å²) in [5.41, 5.74) is 4.82. The highest BCUT2D eigenvalue weighted by molar-refractivity contribution is 9.11. The van der Waals surface area contributed by atoms with Crippen LogP contribution in [0.25, 0.3) is 0 Å². The van der Waals surface area contributed by atoms with E-state index < -0.39 is 0 Å².